The first-order valence-corrected chi connectivity index (χ1v) is 10.7. The molecule has 0 radical (unpaired) electrons. The van der Waals surface area contributed by atoms with E-state index in [1.807, 2.05) is 0 Å². The van der Waals surface area contributed by atoms with Crippen LogP contribution < -0.4 is 9.84 Å². The zero-order valence-electron chi connectivity index (χ0n) is 17.7. The third-order valence-corrected chi connectivity index (χ3v) is 5.78. The Morgan fingerprint density at radius 3 is 2.53 bits per heavy atom. The fourth-order valence-electron chi connectivity index (χ4n) is 2.79. The Hall–Kier alpha value is -1.97. The lowest BCUT2D eigenvalue weighted by Gasteiger charge is -2.39. The van der Waals surface area contributed by atoms with Crippen LogP contribution in [-0.4, -0.2) is 52.5 Å². The number of rotatable bonds is 9. The topological polar surface area (TPSA) is 119 Å². The van der Waals surface area contributed by atoms with Crippen LogP contribution in [0.1, 0.15) is 32.1 Å². The predicted octanol–water partition coefficient (Wildman–Crippen LogP) is 2.59. The lowest BCUT2D eigenvalue weighted by Crippen LogP contribution is -2.50. The van der Waals surface area contributed by atoms with Gasteiger partial charge in [0.2, 0.25) is 0 Å². The zero-order chi connectivity index (χ0) is 22.4. The summed E-state index contributed by atoms with van der Waals surface area (Å²) in [6.45, 7) is 3.49. The van der Waals surface area contributed by atoms with Crippen LogP contribution in [0, 0.1) is 5.41 Å². The number of phosphoric acid groups is 1. The number of nitrogens with one attached hydrogen (secondary N) is 1. The Balaban J connectivity index is 2.16. The maximum Gasteiger partial charge on any atom is 0.530 e. The molecule has 0 unspecified atom stereocenters. The van der Waals surface area contributed by atoms with Crippen LogP contribution in [0.15, 0.2) is 24.3 Å². The maximum atomic E-state index is 13.2. The molecule has 0 spiro atoms. The Morgan fingerprint density at radius 1 is 1.23 bits per heavy atom. The van der Waals surface area contributed by atoms with Gasteiger partial charge in [-0.05, 0) is 6.07 Å². The molecule has 0 aliphatic carbocycles. The highest BCUT2D eigenvalue weighted by Crippen LogP contribution is 2.57. The first-order valence-electron chi connectivity index (χ1n) is 9.27. The molecule has 0 bridgehead atoms. The summed E-state index contributed by atoms with van der Waals surface area (Å²) in [5.74, 6) is -0.811. The molecule has 1 aromatic carbocycles. The summed E-state index contributed by atoms with van der Waals surface area (Å²) >= 11 is 0. The second kappa shape index (κ2) is 10.4. The SMILES string of the molecule is COC(=O)CCNC(=O)[C@@H]1O[P@](=O)(Oc2ccccc2C(OC)OC)OCC1(C)C. The van der Waals surface area contributed by atoms with Gasteiger partial charge in [-0.1, -0.05) is 32.0 Å². The van der Waals surface area contributed by atoms with Gasteiger partial charge in [-0.2, -0.15) is 0 Å². The zero-order valence-corrected chi connectivity index (χ0v) is 18.6. The van der Waals surface area contributed by atoms with Crippen LogP contribution in [0.3, 0.4) is 0 Å². The quantitative estimate of drug-likeness (QED) is 0.347. The van der Waals surface area contributed by atoms with Gasteiger partial charge in [0.1, 0.15) is 5.75 Å². The largest absolute Gasteiger partial charge is 0.530 e. The fraction of sp³-hybridized carbons (Fsp3) is 0.579. The molecular formula is C19H28NO9P. The van der Waals surface area contributed by atoms with Gasteiger partial charge in [0, 0.05) is 26.2 Å². The molecule has 11 heteroatoms. The Labute approximate surface area is 175 Å². The summed E-state index contributed by atoms with van der Waals surface area (Å²) in [6.07, 6.45) is -1.88. The number of carbonyl (C=O) groups excluding carboxylic acids is 2. The lowest BCUT2D eigenvalue weighted by atomic mass is 9.87. The van der Waals surface area contributed by atoms with Crippen molar-refractivity contribution in [1.29, 1.82) is 0 Å². The number of phosphoric ester groups is 1. The van der Waals surface area contributed by atoms with Gasteiger partial charge in [-0.15, -0.1) is 0 Å². The Bertz CT molecular complexity index is 794. The molecule has 2 atom stereocenters. The van der Waals surface area contributed by atoms with E-state index in [0.717, 1.165) is 0 Å². The number of hydrogen-bond acceptors (Lipinski definition) is 9. The minimum absolute atomic E-state index is 0.00283. The van der Waals surface area contributed by atoms with E-state index in [4.69, 9.17) is 23.0 Å². The van der Waals surface area contributed by atoms with E-state index in [2.05, 4.69) is 10.1 Å². The molecule has 30 heavy (non-hydrogen) atoms. The van der Waals surface area contributed by atoms with Crippen molar-refractivity contribution >= 4 is 19.7 Å². The number of para-hydroxylation sites is 1. The standard InChI is InChI=1S/C19H28NO9P/c1-19(2)12-27-30(23,29-16(19)17(22)20-11-10-15(21)24-3)28-14-9-7-6-8-13(14)18(25-4)26-5/h6-9,16,18H,10-12H2,1-5H3,(H,20,22)/t16-,30-/m0/s1. The maximum absolute atomic E-state index is 13.2. The summed E-state index contributed by atoms with van der Waals surface area (Å²) in [5, 5.41) is 2.59. The number of amides is 1. The number of hydrogen-bond donors (Lipinski definition) is 1. The van der Waals surface area contributed by atoms with Crippen molar-refractivity contribution in [2.24, 2.45) is 5.41 Å². The third kappa shape index (κ3) is 6.02. The first kappa shape index (κ1) is 24.3. The van der Waals surface area contributed by atoms with E-state index in [-0.39, 0.29) is 25.3 Å². The monoisotopic (exact) mass is 445 g/mol. The molecule has 168 valence electrons. The highest BCUT2D eigenvalue weighted by Gasteiger charge is 2.50. The molecule has 1 aromatic rings. The first-order chi connectivity index (χ1) is 14.2. The molecule has 10 nitrogen and oxygen atoms in total. The summed E-state index contributed by atoms with van der Waals surface area (Å²) in [4.78, 5) is 23.9. The van der Waals surface area contributed by atoms with Gasteiger partial charge >= 0.3 is 13.8 Å². The van der Waals surface area contributed by atoms with E-state index in [9.17, 15) is 14.2 Å². The van der Waals surface area contributed by atoms with Crippen molar-refractivity contribution in [2.75, 3.05) is 34.5 Å². The highest BCUT2D eigenvalue weighted by atomic mass is 31.2. The molecule has 2 rings (SSSR count). The summed E-state index contributed by atoms with van der Waals surface area (Å²) in [6, 6.07) is 6.67. The molecule has 1 heterocycles. The van der Waals surface area contributed by atoms with E-state index < -0.39 is 37.5 Å². The van der Waals surface area contributed by atoms with E-state index in [1.165, 1.54) is 21.3 Å². The predicted molar refractivity (Wildman–Crippen MR) is 106 cm³/mol. The molecule has 0 saturated carbocycles. The molecule has 1 aliphatic rings. The smallest absolute Gasteiger partial charge is 0.469 e. The van der Waals surface area contributed by atoms with E-state index in [0.29, 0.717) is 5.56 Å². The molecule has 1 amide bonds. The number of ether oxygens (including phenoxy) is 3. The van der Waals surface area contributed by atoms with Crippen molar-refractivity contribution in [2.45, 2.75) is 32.7 Å². The number of esters is 1. The van der Waals surface area contributed by atoms with Gasteiger partial charge < -0.3 is 24.1 Å². The van der Waals surface area contributed by atoms with Crippen molar-refractivity contribution < 1.29 is 41.9 Å². The van der Waals surface area contributed by atoms with Crippen molar-refractivity contribution in [3.63, 3.8) is 0 Å². The number of methoxy groups -OCH3 is 3. The highest BCUT2D eigenvalue weighted by molar-refractivity contribution is 7.49. The van der Waals surface area contributed by atoms with Gasteiger partial charge in [-0.25, -0.2) is 4.57 Å². The third-order valence-electron chi connectivity index (χ3n) is 4.44. The van der Waals surface area contributed by atoms with Crippen LogP contribution in [-0.2, 0) is 37.4 Å². The summed E-state index contributed by atoms with van der Waals surface area (Å²) in [7, 11) is 0.0409. The van der Waals surface area contributed by atoms with Crippen LogP contribution in [0.2, 0.25) is 0 Å². The van der Waals surface area contributed by atoms with Crippen LogP contribution in [0.4, 0.5) is 0 Å². The molecule has 0 aromatic heterocycles. The second-order valence-electron chi connectivity index (χ2n) is 7.24. The molecule has 1 aliphatic heterocycles. The van der Waals surface area contributed by atoms with Crippen LogP contribution in [0.25, 0.3) is 0 Å². The summed E-state index contributed by atoms with van der Waals surface area (Å²) in [5.41, 5.74) is -0.304. The van der Waals surface area contributed by atoms with Gasteiger partial charge in [0.15, 0.2) is 12.4 Å². The van der Waals surface area contributed by atoms with Crippen molar-refractivity contribution in [3.8, 4) is 5.75 Å². The number of benzene rings is 1. The molecule has 1 saturated heterocycles. The minimum atomic E-state index is -4.13. The van der Waals surface area contributed by atoms with Gasteiger partial charge in [0.05, 0.1) is 25.7 Å². The Morgan fingerprint density at radius 2 is 1.90 bits per heavy atom. The molecule has 1 N–H and O–H groups in total. The fourth-order valence-corrected chi connectivity index (χ4v) is 4.48. The van der Waals surface area contributed by atoms with Crippen LogP contribution >= 0.6 is 7.82 Å². The van der Waals surface area contributed by atoms with E-state index >= 15 is 0 Å². The van der Waals surface area contributed by atoms with Gasteiger partial charge in [0.25, 0.3) is 5.91 Å². The average Bonchev–Trinajstić information content (AvgIpc) is 2.72. The normalized spacial score (nSPS) is 23.1. The van der Waals surface area contributed by atoms with Crippen molar-refractivity contribution in [3.05, 3.63) is 29.8 Å². The minimum Gasteiger partial charge on any atom is -0.469 e. The second-order valence-corrected chi connectivity index (χ2v) is 8.79. The number of carbonyl (C=O) groups is 2. The van der Waals surface area contributed by atoms with Crippen LogP contribution in [0.5, 0.6) is 5.75 Å². The summed E-state index contributed by atoms with van der Waals surface area (Å²) < 4.78 is 44.7. The van der Waals surface area contributed by atoms with Crippen molar-refractivity contribution in [1.82, 2.24) is 5.32 Å². The molecular weight excluding hydrogens is 417 g/mol. The van der Waals surface area contributed by atoms with E-state index in [1.54, 1.807) is 38.1 Å². The lowest BCUT2D eigenvalue weighted by molar-refractivity contribution is -0.142. The Kier molecular flexibility index (Phi) is 8.40. The average molecular weight is 445 g/mol. The molecule has 1 fully saturated rings. The van der Waals surface area contributed by atoms with Gasteiger partial charge in [-0.3, -0.25) is 18.6 Å².